The number of carboxylic acids is 1. The van der Waals surface area contributed by atoms with Gasteiger partial charge in [-0.2, -0.15) is 0 Å². The Bertz CT molecular complexity index is 520. The molecular formula is C14H17BrN2O4. The zero-order valence-corrected chi connectivity index (χ0v) is 13.2. The number of hydrogen-bond acceptors (Lipinski definition) is 4. The van der Waals surface area contributed by atoms with E-state index in [2.05, 4.69) is 20.9 Å². The summed E-state index contributed by atoms with van der Waals surface area (Å²) >= 11 is 3.30. The summed E-state index contributed by atoms with van der Waals surface area (Å²) < 4.78 is 5.83. The summed E-state index contributed by atoms with van der Waals surface area (Å²) in [6.45, 7) is 0.729. The van der Waals surface area contributed by atoms with Crippen molar-refractivity contribution >= 4 is 27.8 Å². The molecule has 0 aromatic carbocycles. The normalized spacial score (nSPS) is 22.4. The number of aromatic nitrogens is 1. The molecule has 114 valence electrons. The van der Waals surface area contributed by atoms with Gasteiger partial charge in [0.25, 0.3) is 0 Å². The maximum absolute atomic E-state index is 12.2. The van der Waals surface area contributed by atoms with Crippen molar-refractivity contribution in [2.24, 2.45) is 5.92 Å². The molecule has 1 aromatic rings. The van der Waals surface area contributed by atoms with Gasteiger partial charge in [0.15, 0.2) is 0 Å². The molecule has 0 saturated carbocycles. The van der Waals surface area contributed by atoms with Crippen LogP contribution in [0.1, 0.15) is 24.6 Å². The van der Waals surface area contributed by atoms with Gasteiger partial charge in [0.2, 0.25) is 5.91 Å². The van der Waals surface area contributed by atoms with Gasteiger partial charge in [-0.1, -0.05) is 0 Å². The molecule has 2 atom stereocenters. The number of ether oxygens (including phenoxy) is 1. The number of rotatable bonds is 5. The Morgan fingerprint density at radius 1 is 1.57 bits per heavy atom. The minimum Gasteiger partial charge on any atom is -0.481 e. The minimum atomic E-state index is -0.903. The number of piperidine rings is 1. The summed E-state index contributed by atoms with van der Waals surface area (Å²) in [7, 11) is 1.55. The number of carbonyl (C=O) groups excluding carboxylic acids is 1. The minimum absolute atomic E-state index is 0.0562. The lowest BCUT2D eigenvalue weighted by Gasteiger charge is -2.39. The van der Waals surface area contributed by atoms with Crippen LogP contribution >= 0.6 is 15.9 Å². The zero-order chi connectivity index (χ0) is 15.4. The van der Waals surface area contributed by atoms with Crippen LogP contribution in [-0.4, -0.2) is 47.1 Å². The second kappa shape index (κ2) is 7.00. The maximum atomic E-state index is 12.2. The molecule has 2 rings (SSSR count). The van der Waals surface area contributed by atoms with Gasteiger partial charge in [0.1, 0.15) is 0 Å². The van der Waals surface area contributed by atoms with Crippen LogP contribution in [-0.2, 0) is 14.3 Å². The van der Waals surface area contributed by atoms with E-state index in [1.54, 1.807) is 30.3 Å². The molecule has 0 aliphatic carbocycles. The third-order valence-corrected chi connectivity index (χ3v) is 4.08. The highest BCUT2D eigenvalue weighted by molar-refractivity contribution is 9.10. The molecule has 1 aromatic heterocycles. The van der Waals surface area contributed by atoms with Crippen LogP contribution < -0.4 is 0 Å². The third-order valence-electron chi connectivity index (χ3n) is 3.61. The molecular weight excluding hydrogens is 340 g/mol. The van der Waals surface area contributed by atoms with Crippen molar-refractivity contribution in [2.75, 3.05) is 20.3 Å². The number of carboxylic acid groups (broad SMARTS) is 1. The largest absolute Gasteiger partial charge is 0.481 e. The first-order valence-corrected chi connectivity index (χ1v) is 7.46. The van der Waals surface area contributed by atoms with Crippen LogP contribution in [0.15, 0.2) is 22.8 Å². The standard InChI is InChI=1S/C14H17BrN2O4/c1-21-7-6-17-12(18)5-3-10(14(19)20)13(17)11-4-2-9(15)8-16-11/h2,4,8,10,13H,3,5-7H2,1H3,(H,19,20). The van der Waals surface area contributed by atoms with Crippen LogP contribution in [0, 0.1) is 5.92 Å². The lowest BCUT2D eigenvalue weighted by molar-refractivity contribution is -0.152. The fourth-order valence-corrected chi connectivity index (χ4v) is 2.83. The Balaban J connectivity index is 2.35. The maximum Gasteiger partial charge on any atom is 0.309 e. The van der Waals surface area contributed by atoms with Gasteiger partial charge in [-0.05, 0) is 34.5 Å². The molecule has 1 aliphatic heterocycles. The lowest BCUT2D eigenvalue weighted by Crippen LogP contribution is -2.46. The number of methoxy groups -OCH3 is 1. The van der Waals surface area contributed by atoms with E-state index in [0.29, 0.717) is 25.3 Å². The second-order valence-electron chi connectivity index (χ2n) is 4.91. The van der Waals surface area contributed by atoms with E-state index in [4.69, 9.17) is 4.74 Å². The predicted octanol–water partition coefficient (Wildman–Crippen LogP) is 1.85. The number of carbonyl (C=O) groups is 2. The predicted molar refractivity (Wildman–Crippen MR) is 78.6 cm³/mol. The molecule has 0 spiro atoms. The molecule has 0 radical (unpaired) electrons. The van der Waals surface area contributed by atoms with Gasteiger partial charge in [-0.25, -0.2) is 0 Å². The summed E-state index contributed by atoms with van der Waals surface area (Å²) in [5, 5.41) is 9.45. The zero-order valence-electron chi connectivity index (χ0n) is 11.7. The van der Waals surface area contributed by atoms with E-state index in [1.807, 2.05) is 0 Å². The fourth-order valence-electron chi connectivity index (χ4n) is 2.59. The van der Waals surface area contributed by atoms with Gasteiger partial charge in [0, 0.05) is 30.7 Å². The van der Waals surface area contributed by atoms with Crippen molar-refractivity contribution in [1.29, 1.82) is 0 Å². The first kappa shape index (κ1) is 15.9. The first-order valence-electron chi connectivity index (χ1n) is 6.67. The summed E-state index contributed by atoms with van der Waals surface area (Å²) in [4.78, 5) is 29.5. The number of halogens is 1. The molecule has 7 heteroatoms. The van der Waals surface area contributed by atoms with Gasteiger partial charge >= 0.3 is 5.97 Å². The van der Waals surface area contributed by atoms with Crippen molar-refractivity contribution in [3.05, 3.63) is 28.5 Å². The third kappa shape index (κ3) is 3.59. The van der Waals surface area contributed by atoms with E-state index >= 15 is 0 Å². The molecule has 1 N–H and O–H groups in total. The summed E-state index contributed by atoms with van der Waals surface area (Å²) in [5.41, 5.74) is 0.592. The van der Waals surface area contributed by atoms with Crippen LogP contribution in [0.4, 0.5) is 0 Å². The SMILES string of the molecule is COCCN1C(=O)CCC(C(=O)O)C1c1ccc(Br)cn1. The Labute approximate surface area is 131 Å². The Morgan fingerprint density at radius 2 is 2.33 bits per heavy atom. The van der Waals surface area contributed by atoms with Gasteiger partial charge in [-0.15, -0.1) is 0 Å². The second-order valence-corrected chi connectivity index (χ2v) is 5.83. The summed E-state index contributed by atoms with van der Waals surface area (Å²) in [6, 6.07) is 3.00. The van der Waals surface area contributed by atoms with Crippen LogP contribution in [0.2, 0.25) is 0 Å². The Hall–Kier alpha value is -1.47. The lowest BCUT2D eigenvalue weighted by atomic mass is 9.86. The fraction of sp³-hybridized carbons (Fsp3) is 0.500. The molecule has 1 amide bonds. The number of likely N-dealkylation sites (tertiary alicyclic amines) is 1. The summed E-state index contributed by atoms with van der Waals surface area (Å²) in [5.74, 6) is -1.60. The van der Waals surface area contributed by atoms with Crippen LogP contribution in [0.5, 0.6) is 0 Å². The van der Waals surface area contributed by atoms with E-state index in [9.17, 15) is 14.7 Å². The van der Waals surface area contributed by atoms with Gasteiger partial charge in [0.05, 0.1) is 24.3 Å². The molecule has 21 heavy (non-hydrogen) atoms. The highest BCUT2D eigenvalue weighted by Crippen LogP contribution is 2.36. The molecule has 0 bridgehead atoms. The average molecular weight is 357 g/mol. The topological polar surface area (TPSA) is 79.7 Å². The quantitative estimate of drug-likeness (QED) is 0.870. The summed E-state index contributed by atoms with van der Waals surface area (Å²) in [6.07, 6.45) is 2.19. The van der Waals surface area contributed by atoms with E-state index in [-0.39, 0.29) is 12.3 Å². The molecule has 2 unspecified atom stereocenters. The number of aliphatic carboxylic acids is 1. The number of amides is 1. The number of nitrogens with zero attached hydrogens (tertiary/aromatic N) is 2. The van der Waals surface area contributed by atoms with E-state index < -0.39 is 17.9 Å². The molecule has 1 aliphatic rings. The van der Waals surface area contributed by atoms with Crippen molar-refractivity contribution in [3.63, 3.8) is 0 Å². The van der Waals surface area contributed by atoms with Crippen LogP contribution in [0.25, 0.3) is 0 Å². The van der Waals surface area contributed by atoms with E-state index in [0.717, 1.165) is 4.47 Å². The molecule has 6 nitrogen and oxygen atoms in total. The molecule has 1 fully saturated rings. The number of pyridine rings is 1. The van der Waals surface area contributed by atoms with E-state index in [1.165, 1.54) is 0 Å². The highest BCUT2D eigenvalue weighted by Gasteiger charge is 2.41. The highest BCUT2D eigenvalue weighted by atomic mass is 79.9. The smallest absolute Gasteiger partial charge is 0.309 e. The van der Waals surface area contributed by atoms with Crippen molar-refractivity contribution in [1.82, 2.24) is 9.88 Å². The van der Waals surface area contributed by atoms with Crippen molar-refractivity contribution in [2.45, 2.75) is 18.9 Å². The van der Waals surface area contributed by atoms with Crippen LogP contribution in [0.3, 0.4) is 0 Å². The molecule has 1 saturated heterocycles. The monoisotopic (exact) mass is 356 g/mol. The van der Waals surface area contributed by atoms with Crippen molar-refractivity contribution in [3.8, 4) is 0 Å². The first-order chi connectivity index (χ1) is 10.0. The number of hydrogen-bond donors (Lipinski definition) is 1. The average Bonchev–Trinajstić information content (AvgIpc) is 2.46. The van der Waals surface area contributed by atoms with Gasteiger partial charge < -0.3 is 14.7 Å². The Morgan fingerprint density at radius 3 is 2.90 bits per heavy atom. The molecule has 2 heterocycles. The van der Waals surface area contributed by atoms with Crippen molar-refractivity contribution < 1.29 is 19.4 Å². The van der Waals surface area contributed by atoms with Gasteiger partial charge in [-0.3, -0.25) is 14.6 Å². The Kier molecular flexibility index (Phi) is 5.30.